The number of hydrogen-bond acceptors (Lipinski definition) is 4. The molecule has 1 unspecified atom stereocenters. The zero-order valence-corrected chi connectivity index (χ0v) is 14.5. The Labute approximate surface area is 146 Å². The summed E-state index contributed by atoms with van der Waals surface area (Å²) >= 11 is 1.32. The highest BCUT2D eigenvalue weighted by atomic mass is 32.2. The molecule has 134 valence electrons. The highest BCUT2D eigenvalue weighted by Crippen LogP contribution is 2.32. The molecule has 1 amide bonds. The van der Waals surface area contributed by atoms with Crippen molar-refractivity contribution in [2.75, 3.05) is 18.8 Å². The van der Waals surface area contributed by atoms with Gasteiger partial charge in [-0.15, -0.1) is 11.3 Å². The minimum atomic E-state index is -3.47. The Hall–Kier alpha value is -1.87. The highest BCUT2D eigenvalue weighted by Gasteiger charge is 2.34. The lowest BCUT2D eigenvalue weighted by Crippen LogP contribution is -2.34. The second-order valence-corrected chi connectivity index (χ2v) is 8.96. The molecule has 0 aliphatic carbocycles. The van der Waals surface area contributed by atoms with Crippen LogP contribution in [0, 0.1) is 17.5 Å². The van der Waals surface area contributed by atoms with Crippen LogP contribution in [0.25, 0.3) is 0 Å². The molecule has 0 bridgehead atoms. The molecule has 3 rings (SSSR count). The minimum Gasteiger partial charge on any atom is -0.337 e. The maximum Gasteiger partial charge on any atom is 0.256 e. The lowest BCUT2D eigenvalue weighted by Gasteiger charge is -2.20. The van der Waals surface area contributed by atoms with E-state index < -0.39 is 44.0 Å². The van der Waals surface area contributed by atoms with Crippen LogP contribution in [0.5, 0.6) is 0 Å². The number of nitrogens with zero attached hydrogens (tertiary/aromatic N) is 1. The molecule has 4 nitrogen and oxygen atoms in total. The molecule has 0 saturated carbocycles. The quantitative estimate of drug-likeness (QED) is 0.742. The van der Waals surface area contributed by atoms with Crippen molar-refractivity contribution in [3.63, 3.8) is 0 Å². The third kappa shape index (κ3) is 3.43. The smallest absolute Gasteiger partial charge is 0.256 e. The van der Waals surface area contributed by atoms with Gasteiger partial charge in [-0.3, -0.25) is 4.79 Å². The van der Waals surface area contributed by atoms with Gasteiger partial charge < -0.3 is 4.90 Å². The van der Waals surface area contributed by atoms with Crippen LogP contribution >= 0.6 is 11.3 Å². The third-order valence-corrected chi connectivity index (χ3v) is 7.40. The number of sulfone groups is 1. The lowest BCUT2D eigenvalue weighted by molar-refractivity contribution is 0.0760. The summed E-state index contributed by atoms with van der Waals surface area (Å²) in [5.41, 5.74) is -0.606. The van der Waals surface area contributed by atoms with Gasteiger partial charge in [0.05, 0.1) is 16.6 Å². The lowest BCUT2D eigenvalue weighted by atomic mass is 10.1. The van der Waals surface area contributed by atoms with Gasteiger partial charge in [0.1, 0.15) is 0 Å². The summed E-state index contributed by atoms with van der Waals surface area (Å²) in [7, 11) is -3.47. The fourth-order valence-corrected chi connectivity index (χ4v) is 5.81. The summed E-state index contributed by atoms with van der Waals surface area (Å²) in [5, 5.41) is 1.05. The van der Waals surface area contributed by atoms with E-state index in [2.05, 4.69) is 0 Å². The number of thiophene rings is 1. The van der Waals surface area contributed by atoms with E-state index in [0.717, 1.165) is 6.07 Å². The maximum absolute atomic E-state index is 13.8. The maximum atomic E-state index is 13.8. The molecule has 1 aromatic carbocycles. The van der Waals surface area contributed by atoms with Crippen molar-refractivity contribution in [3.8, 4) is 0 Å². The first kappa shape index (κ1) is 17.9. The summed E-state index contributed by atoms with van der Waals surface area (Å²) in [4.78, 5) is 14.3. The molecule has 1 aromatic heterocycles. The van der Waals surface area contributed by atoms with E-state index in [1.807, 2.05) is 0 Å². The van der Waals surface area contributed by atoms with E-state index in [1.165, 1.54) is 16.2 Å². The molecule has 25 heavy (non-hydrogen) atoms. The van der Waals surface area contributed by atoms with Crippen molar-refractivity contribution >= 4 is 27.1 Å². The van der Waals surface area contributed by atoms with Crippen LogP contribution in [0.2, 0.25) is 0 Å². The molecule has 9 heteroatoms. The first-order valence-electron chi connectivity index (χ1n) is 7.49. The van der Waals surface area contributed by atoms with Gasteiger partial charge >= 0.3 is 0 Å². The normalized spacial score (nSPS) is 20.3. The molecule has 1 saturated heterocycles. The van der Waals surface area contributed by atoms with Crippen molar-refractivity contribution in [2.24, 2.45) is 0 Å². The number of hydrogen-bond donors (Lipinski definition) is 0. The molecule has 2 aromatic rings. The van der Waals surface area contributed by atoms with E-state index in [1.54, 1.807) is 17.5 Å². The van der Waals surface area contributed by atoms with Crippen LogP contribution in [0.15, 0.2) is 29.6 Å². The van der Waals surface area contributed by atoms with Crippen LogP contribution in [0.1, 0.15) is 26.9 Å². The molecule has 1 aliphatic rings. The van der Waals surface area contributed by atoms with Crippen molar-refractivity contribution in [1.29, 1.82) is 0 Å². The average Bonchev–Trinajstić information content (AvgIpc) is 3.04. The Morgan fingerprint density at radius 3 is 2.56 bits per heavy atom. The molecule has 0 radical (unpaired) electrons. The summed E-state index contributed by atoms with van der Waals surface area (Å²) < 4.78 is 65.1. The monoisotopic (exact) mass is 389 g/mol. The number of amides is 1. The van der Waals surface area contributed by atoms with Crippen LogP contribution < -0.4 is 0 Å². The SMILES string of the molecule is O=C(c1ccc(F)c(F)c1F)N1CCC(c2cccs2)S(=O)(=O)CC1. The Kier molecular flexibility index (Phi) is 4.88. The van der Waals surface area contributed by atoms with Gasteiger partial charge in [0.15, 0.2) is 27.3 Å². The number of carbonyl (C=O) groups excluding carboxylic acids is 1. The molecule has 1 fully saturated rings. The molecule has 0 N–H and O–H groups in total. The first-order valence-corrected chi connectivity index (χ1v) is 10.1. The Morgan fingerprint density at radius 1 is 1.12 bits per heavy atom. The summed E-state index contributed by atoms with van der Waals surface area (Å²) in [6.07, 6.45) is 0.167. The molecule has 1 atom stereocenters. The standard InChI is InChI=1S/C16H14F3NO3S2/c17-11-4-3-10(14(18)15(11)19)16(21)20-6-5-13(12-2-1-8-24-12)25(22,23)9-7-20/h1-4,8,13H,5-7,9H2. The second kappa shape index (κ2) is 6.80. The predicted octanol–water partition coefficient (Wildman–Crippen LogP) is 3.17. The Bertz CT molecular complexity index is 898. The minimum absolute atomic E-state index is 0.0824. The van der Waals surface area contributed by atoms with Crippen LogP contribution in [0.4, 0.5) is 13.2 Å². The van der Waals surface area contributed by atoms with E-state index in [4.69, 9.17) is 0 Å². The summed E-state index contributed by atoms with van der Waals surface area (Å²) in [6.45, 7) is -0.0411. The van der Waals surface area contributed by atoms with Gasteiger partial charge in [0.25, 0.3) is 5.91 Å². The van der Waals surface area contributed by atoms with E-state index in [-0.39, 0.29) is 25.3 Å². The van der Waals surface area contributed by atoms with Crippen molar-refractivity contribution in [2.45, 2.75) is 11.7 Å². The van der Waals surface area contributed by atoms with Gasteiger partial charge in [0, 0.05) is 18.0 Å². The summed E-state index contributed by atoms with van der Waals surface area (Å²) in [5.74, 6) is -5.78. The number of halogens is 3. The van der Waals surface area contributed by atoms with Crippen molar-refractivity contribution in [3.05, 3.63) is 57.5 Å². The van der Waals surface area contributed by atoms with E-state index in [0.29, 0.717) is 10.9 Å². The zero-order chi connectivity index (χ0) is 18.2. The fraction of sp³-hybridized carbons (Fsp3) is 0.312. The Balaban J connectivity index is 1.86. The average molecular weight is 389 g/mol. The van der Waals surface area contributed by atoms with Gasteiger partial charge in [-0.05, 0) is 30.0 Å². The van der Waals surface area contributed by atoms with Gasteiger partial charge in [0.2, 0.25) is 0 Å². The van der Waals surface area contributed by atoms with E-state index >= 15 is 0 Å². The van der Waals surface area contributed by atoms with E-state index in [9.17, 15) is 26.4 Å². The van der Waals surface area contributed by atoms with Crippen LogP contribution in [0.3, 0.4) is 0 Å². The number of benzene rings is 1. The third-order valence-electron chi connectivity index (χ3n) is 4.15. The second-order valence-electron chi connectivity index (χ2n) is 5.67. The van der Waals surface area contributed by atoms with Gasteiger partial charge in [-0.1, -0.05) is 6.07 Å². The predicted molar refractivity (Wildman–Crippen MR) is 87.7 cm³/mol. The summed E-state index contributed by atoms with van der Waals surface area (Å²) in [6, 6.07) is 5.01. The van der Waals surface area contributed by atoms with Gasteiger partial charge in [-0.2, -0.15) is 0 Å². The molecule has 0 spiro atoms. The number of rotatable bonds is 2. The molecular weight excluding hydrogens is 375 g/mol. The van der Waals surface area contributed by atoms with Crippen molar-refractivity contribution in [1.82, 2.24) is 4.90 Å². The molecule has 2 heterocycles. The largest absolute Gasteiger partial charge is 0.337 e. The van der Waals surface area contributed by atoms with Crippen molar-refractivity contribution < 1.29 is 26.4 Å². The fourth-order valence-electron chi connectivity index (χ4n) is 2.80. The molecule has 1 aliphatic heterocycles. The topological polar surface area (TPSA) is 54.5 Å². The van der Waals surface area contributed by atoms with Crippen LogP contribution in [-0.4, -0.2) is 38.1 Å². The van der Waals surface area contributed by atoms with Gasteiger partial charge in [-0.25, -0.2) is 21.6 Å². The first-order chi connectivity index (χ1) is 11.8. The van der Waals surface area contributed by atoms with Crippen LogP contribution in [-0.2, 0) is 9.84 Å². The number of carbonyl (C=O) groups is 1. The Morgan fingerprint density at radius 2 is 1.88 bits per heavy atom. The highest BCUT2D eigenvalue weighted by molar-refractivity contribution is 7.91. The zero-order valence-electron chi connectivity index (χ0n) is 12.9. The molecular formula is C16H14F3NO3S2.